The molecule has 0 spiro atoms. The Hall–Kier alpha value is -6.59. The van der Waals surface area contributed by atoms with Crippen LogP contribution >= 0.6 is 0 Å². The molecule has 5 heteroatoms. The lowest BCUT2D eigenvalue weighted by Gasteiger charge is -2.26. The highest BCUT2D eigenvalue weighted by Gasteiger charge is 2.26. The minimum atomic E-state index is -0.175. The van der Waals surface area contributed by atoms with E-state index in [4.69, 9.17) is 9.72 Å². The van der Waals surface area contributed by atoms with Crippen LogP contribution in [0.15, 0.2) is 170 Å². The molecule has 1 aliphatic rings. The van der Waals surface area contributed by atoms with Gasteiger partial charge in [0.15, 0.2) is 0 Å². The molecular formula is C55H54N4O. The van der Waals surface area contributed by atoms with Crippen molar-refractivity contribution in [2.45, 2.75) is 71.6 Å². The fourth-order valence-electron chi connectivity index (χ4n) is 8.35. The maximum absolute atomic E-state index is 6.72. The van der Waals surface area contributed by atoms with Crippen molar-refractivity contribution in [3.8, 4) is 28.4 Å². The number of pyridine rings is 1. The number of hydrogen-bond acceptors (Lipinski definition) is 4. The Morgan fingerprint density at radius 1 is 0.467 bits per heavy atom. The lowest BCUT2D eigenvalue weighted by Crippen LogP contribution is -2.25. The number of fused-ring (bicyclic) bond motifs is 3. The molecule has 300 valence electrons. The van der Waals surface area contributed by atoms with Crippen LogP contribution in [-0.4, -0.2) is 16.2 Å². The molecule has 0 saturated carbocycles. The summed E-state index contributed by atoms with van der Waals surface area (Å²) in [7, 11) is 0. The van der Waals surface area contributed by atoms with Crippen molar-refractivity contribution in [1.82, 2.24) is 9.55 Å². The van der Waals surface area contributed by atoms with Crippen molar-refractivity contribution < 1.29 is 4.74 Å². The lowest BCUT2D eigenvalue weighted by molar-refractivity contribution is 0.483. The van der Waals surface area contributed by atoms with Crippen molar-refractivity contribution in [3.63, 3.8) is 0 Å². The molecule has 0 fully saturated rings. The minimum absolute atomic E-state index is 0.0148. The Kier molecular flexibility index (Phi) is 9.66. The van der Waals surface area contributed by atoms with Crippen molar-refractivity contribution in [2.75, 3.05) is 16.5 Å². The molecule has 0 aliphatic carbocycles. The highest BCUT2D eigenvalue weighted by Crippen LogP contribution is 2.41. The van der Waals surface area contributed by atoms with E-state index in [0.717, 1.165) is 39.4 Å². The summed E-state index contributed by atoms with van der Waals surface area (Å²) in [5.41, 5.74) is 11.8. The molecule has 5 nitrogen and oxygen atoms in total. The zero-order valence-corrected chi connectivity index (χ0v) is 36.1. The highest BCUT2D eigenvalue weighted by molar-refractivity contribution is 6.10. The van der Waals surface area contributed by atoms with E-state index < -0.39 is 0 Å². The van der Waals surface area contributed by atoms with Crippen LogP contribution in [0.5, 0.6) is 11.5 Å². The summed E-state index contributed by atoms with van der Waals surface area (Å²) < 4.78 is 9.01. The SMILES string of the molecule is CC(C)(C)c1cc(-c2ccccc2)cc(N2C=CN(c3cccc(Oc4ccc5c6cc(C(C)(C)c7ccccc7)ccc6n(-c6cc(C(C)(C)C)ccn6)c5c4)c3)C2)c1. The molecule has 0 radical (unpaired) electrons. The first kappa shape index (κ1) is 38.9. The molecule has 0 amide bonds. The van der Waals surface area contributed by atoms with Crippen LogP contribution in [0.25, 0.3) is 38.8 Å². The molecule has 60 heavy (non-hydrogen) atoms. The summed E-state index contributed by atoms with van der Waals surface area (Å²) in [5.74, 6) is 2.44. The summed E-state index contributed by atoms with van der Waals surface area (Å²) in [6.07, 6.45) is 6.26. The molecule has 0 saturated heterocycles. The topological polar surface area (TPSA) is 33.5 Å². The van der Waals surface area contributed by atoms with Crippen LogP contribution < -0.4 is 14.5 Å². The van der Waals surface area contributed by atoms with Gasteiger partial charge < -0.3 is 14.5 Å². The second kappa shape index (κ2) is 14.9. The smallest absolute Gasteiger partial charge is 0.137 e. The Morgan fingerprint density at radius 2 is 1.17 bits per heavy atom. The van der Waals surface area contributed by atoms with Gasteiger partial charge in [0.05, 0.1) is 17.7 Å². The van der Waals surface area contributed by atoms with E-state index >= 15 is 0 Å². The molecule has 0 atom stereocenters. The third-order valence-electron chi connectivity index (χ3n) is 12.1. The third kappa shape index (κ3) is 7.45. The lowest BCUT2D eigenvalue weighted by atomic mass is 9.78. The molecule has 2 aromatic heterocycles. The molecular weight excluding hydrogens is 733 g/mol. The van der Waals surface area contributed by atoms with Crippen LogP contribution in [0.2, 0.25) is 0 Å². The first-order valence-corrected chi connectivity index (χ1v) is 21.0. The van der Waals surface area contributed by atoms with Gasteiger partial charge in [-0.15, -0.1) is 0 Å². The minimum Gasteiger partial charge on any atom is -0.457 e. The first-order chi connectivity index (χ1) is 28.7. The average molecular weight is 787 g/mol. The van der Waals surface area contributed by atoms with Gasteiger partial charge >= 0.3 is 0 Å². The maximum Gasteiger partial charge on any atom is 0.137 e. The number of nitrogens with zero attached hydrogens (tertiary/aromatic N) is 4. The standard InChI is InChI=1S/C55H54N4O/c1-53(2,3)41-26-27-56-52(34-41)59-50-25-22-42(55(7,8)40-18-13-10-14-19-40)33-49(50)48-24-23-47(36-51(48)59)60-46-21-15-20-44(35-46)57-28-29-58(37-57)45-31-39(38-16-11-9-12-17-38)30-43(32-45)54(4,5)6/h9-36H,37H2,1-8H3. The predicted octanol–water partition coefficient (Wildman–Crippen LogP) is 14.3. The Bertz CT molecular complexity index is 2870. The second-order valence-electron chi connectivity index (χ2n) is 18.8. The van der Waals surface area contributed by atoms with E-state index in [1.807, 2.05) is 12.3 Å². The second-order valence-corrected chi connectivity index (χ2v) is 18.8. The molecule has 6 aromatic carbocycles. The van der Waals surface area contributed by atoms with Gasteiger partial charge in [-0.25, -0.2) is 4.98 Å². The van der Waals surface area contributed by atoms with Gasteiger partial charge in [-0.2, -0.15) is 0 Å². The van der Waals surface area contributed by atoms with Gasteiger partial charge in [-0.1, -0.05) is 134 Å². The van der Waals surface area contributed by atoms with Gasteiger partial charge in [0.2, 0.25) is 0 Å². The molecule has 0 N–H and O–H groups in total. The molecule has 9 rings (SSSR count). The van der Waals surface area contributed by atoms with E-state index in [1.54, 1.807) is 0 Å². The Labute approximate surface area is 355 Å². The number of benzene rings is 6. The fourth-order valence-corrected chi connectivity index (χ4v) is 8.35. The molecule has 3 heterocycles. The summed E-state index contributed by atoms with van der Waals surface area (Å²) >= 11 is 0. The van der Waals surface area contributed by atoms with E-state index in [0.29, 0.717) is 6.67 Å². The quantitative estimate of drug-likeness (QED) is 0.154. The van der Waals surface area contributed by atoms with E-state index in [2.05, 4.69) is 228 Å². The summed E-state index contributed by atoms with van der Waals surface area (Å²) in [5, 5.41) is 2.35. The Morgan fingerprint density at radius 3 is 1.90 bits per heavy atom. The number of aromatic nitrogens is 2. The summed E-state index contributed by atoms with van der Waals surface area (Å²) in [4.78, 5) is 9.54. The van der Waals surface area contributed by atoms with E-state index in [9.17, 15) is 0 Å². The van der Waals surface area contributed by atoms with Crippen molar-refractivity contribution >= 4 is 33.2 Å². The molecule has 1 aliphatic heterocycles. The highest BCUT2D eigenvalue weighted by atomic mass is 16.5. The van der Waals surface area contributed by atoms with Gasteiger partial charge in [-0.3, -0.25) is 4.57 Å². The van der Waals surface area contributed by atoms with E-state index in [-0.39, 0.29) is 16.2 Å². The number of rotatable bonds is 8. The predicted molar refractivity (Wildman–Crippen MR) is 252 cm³/mol. The summed E-state index contributed by atoms with van der Waals surface area (Å²) in [6.45, 7) is 18.9. The van der Waals surface area contributed by atoms with Crippen molar-refractivity contribution in [1.29, 1.82) is 0 Å². The normalized spacial score (nSPS) is 13.5. The van der Waals surface area contributed by atoms with Crippen LogP contribution in [0.3, 0.4) is 0 Å². The maximum atomic E-state index is 6.72. The zero-order chi connectivity index (χ0) is 41.8. The van der Waals surface area contributed by atoms with Crippen LogP contribution in [-0.2, 0) is 16.2 Å². The number of ether oxygens (including phenoxy) is 1. The Balaban J connectivity index is 1.05. The van der Waals surface area contributed by atoms with Gasteiger partial charge in [0, 0.05) is 58.3 Å². The largest absolute Gasteiger partial charge is 0.457 e. The van der Waals surface area contributed by atoms with Gasteiger partial charge in [-0.05, 0) is 105 Å². The first-order valence-electron chi connectivity index (χ1n) is 21.0. The van der Waals surface area contributed by atoms with Crippen LogP contribution in [0, 0.1) is 0 Å². The zero-order valence-electron chi connectivity index (χ0n) is 36.1. The van der Waals surface area contributed by atoms with Crippen LogP contribution in [0.4, 0.5) is 11.4 Å². The average Bonchev–Trinajstić information content (AvgIpc) is 3.87. The molecule has 0 unspecified atom stereocenters. The van der Waals surface area contributed by atoms with Gasteiger partial charge in [0.1, 0.15) is 17.3 Å². The van der Waals surface area contributed by atoms with Crippen molar-refractivity contribution in [3.05, 3.63) is 193 Å². The monoisotopic (exact) mass is 786 g/mol. The number of hydrogen-bond donors (Lipinski definition) is 0. The van der Waals surface area contributed by atoms with Crippen LogP contribution in [0.1, 0.15) is 77.6 Å². The fraction of sp³-hybridized carbons (Fsp3) is 0.218. The molecule has 8 aromatic rings. The number of anilines is 2. The molecule has 0 bridgehead atoms. The van der Waals surface area contributed by atoms with Crippen molar-refractivity contribution in [2.24, 2.45) is 0 Å². The van der Waals surface area contributed by atoms with Gasteiger partial charge in [0.25, 0.3) is 0 Å². The third-order valence-corrected chi connectivity index (χ3v) is 12.1. The summed E-state index contributed by atoms with van der Waals surface area (Å²) in [6, 6.07) is 54.5. The van der Waals surface area contributed by atoms with E-state index in [1.165, 1.54) is 44.5 Å².